The van der Waals surface area contributed by atoms with Crippen molar-refractivity contribution in [3.8, 4) is 11.3 Å². The third kappa shape index (κ3) is 4.26. The van der Waals surface area contributed by atoms with Crippen LogP contribution in [0.4, 0.5) is 10.5 Å². The molecule has 2 aromatic heterocycles. The molecule has 8 heteroatoms. The van der Waals surface area contributed by atoms with Gasteiger partial charge in [0.25, 0.3) is 0 Å². The molecule has 0 bridgehead atoms. The first-order valence-corrected chi connectivity index (χ1v) is 9.23. The smallest absolute Gasteiger partial charge is 0.319 e. The monoisotopic (exact) mass is 371 g/mol. The quantitative estimate of drug-likeness (QED) is 0.688. The number of carbonyl (C=O) groups excluding carboxylic acids is 1. The number of nitrogens with zero attached hydrogens (tertiary/aromatic N) is 3. The van der Waals surface area contributed by atoms with E-state index in [0.717, 1.165) is 16.3 Å². The molecule has 0 fully saturated rings. The molecule has 26 heavy (non-hydrogen) atoms. The van der Waals surface area contributed by atoms with E-state index in [1.54, 1.807) is 18.3 Å². The van der Waals surface area contributed by atoms with E-state index in [0.29, 0.717) is 17.5 Å². The van der Waals surface area contributed by atoms with Crippen LogP contribution in [0, 0.1) is 6.92 Å². The number of anilines is 1. The summed E-state index contributed by atoms with van der Waals surface area (Å²) in [6.07, 6.45) is 0. The number of thiazole rings is 1. The van der Waals surface area contributed by atoms with Crippen molar-refractivity contribution in [2.75, 3.05) is 5.32 Å². The molecule has 2 N–H and O–H groups in total. The van der Waals surface area contributed by atoms with Crippen molar-refractivity contribution in [3.05, 3.63) is 46.4 Å². The number of benzene rings is 1. The van der Waals surface area contributed by atoms with Crippen LogP contribution < -0.4 is 10.6 Å². The summed E-state index contributed by atoms with van der Waals surface area (Å²) in [5, 5.41) is 16.6. The van der Waals surface area contributed by atoms with Gasteiger partial charge >= 0.3 is 6.03 Å². The van der Waals surface area contributed by atoms with Crippen molar-refractivity contribution in [2.24, 2.45) is 0 Å². The first-order valence-electron chi connectivity index (χ1n) is 8.35. The average molecular weight is 371 g/mol. The van der Waals surface area contributed by atoms with Crippen LogP contribution in [0.2, 0.25) is 0 Å². The highest BCUT2D eigenvalue weighted by Crippen LogP contribution is 2.24. The number of aryl methyl sites for hydroxylation is 1. The highest BCUT2D eigenvalue weighted by Gasteiger charge is 2.17. The molecule has 0 aliphatic rings. The number of rotatable bonds is 5. The number of urea groups is 1. The Morgan fingerprint density at radius 3 is 2.62 bits per heavy atom. The Bertz CT molecular complexity index is 902. The third-order valence-corrected chi connectivity index (χ3v) is 4.48. The van der Waals surface area contributed by atoms with Crippen molar-refractivity contribution in [2.45, 2.75) is 39.7 Å². The second kappa shape index (κ2) is 7.65. The number of carbonyl (C=O) groups is 1. The Morgan fingerprint density at radius 2 is 1.96 bits per heavy atom. The molecule has 0 aliphatic heterocycles. The predicted octanol–water partition coefficient (Wildman–Crippen LogP) is 4.51. The molecule has 1 atom stereocenters. The SMILES string of the molecule is Cc1nc(-c2cccc(NC(=O)N[C@H](C)c3nnc(C(C)C)o3)c2)cs1. The molecule has 3 aromatic rings. The molecule has 0 saturated carbocycles. The van der Waals surface area contributed by atoms with Gasteiger partial charge in [0.05, 0.1) is 10.7 Å². The molecular formula is C18H21N5O2S. The fourth-order valence-electron chi connectivity index (χ4n) is 2.33. The molecule has 0 radical (unpaired) electrons. The second-order valence-corrected chi connectivity index (χ2v) is 7.35. The molecule has 1 aromatic carbocycles. The largest absolute Gasteiger partial charge is 0.423 e. The molecule has 7 nitrogen and oxygen atoms in total. The topological polar surface area (TPSA) is 92.9 Å². The Balaban J connectivity index is 1.64. The first kappa shape index (κ1) is 18.1. The molecule has 0 aliphatic carbocycles. The van der Waals surface area contributed by atoms with Gasteiger partial charge in [-0.3, -0.25) is 0 Å². The molecule has 136 valence electrons. The first-order chi connectivity index (χ1) is 12.4. The van der Waals surface area contributed by atoms with Gasteiger partial charge in [0.1, 0.15) is 6.04 Å². The van der Waals surface area contributed by atoms with E-state index >= 15 is 0 Å². The van der Waals surface area contributed by atoms with Gasteiger partial charge in [-0.15, -0.1) is 21.5 Å². The number of hydrogen-bond acceptors (Lipinski definition) is 6. The highest BCUT2D eigenvalue weighted by molar-refractivity contribution is 7.09. The van der Waals surface area contributed by atoms with Gasteiger partial charge in [-0.2, -0.15) is 0 Å². The van der Waals surface area contributed by atoms with Crippen LogP contribution in [0.3, 0.4) is 0 Å². The summed E-state index contributed by atoms with van der Waals surface area (Å²) in [7, 11) is 0. The van der Waals surface area contributed by atoms with Gasteiger partial charge in [-0.1, -0.05) is 26.0 Å². The normalized spacial score (nSPS) is 12.2. The molecule has 2 heterocycles. The minimum Gasteiger partial charge on any atom is -0.423 e. The Kier molecular flexibility index (Phi) is 5.32. The summed E-state index contributed by atoms with van der Waals surface area (Å²) in [6, 6.07) is 6.84. The predicted molar refractivity (Wildman–Crippen MR) is 101 cm³/mol. The summed E-state index contributed by atoms with van der Waals surface area (Å²) in [4.78, 5) is 16.7. The number of amides is 2. The number of nitrogens with one attached hydrogen (secondary N) is 2. The van der Waals surface area contributed by atoms with Crippen LogP contribution >= 0.6 is 11.3 Å². The number of aromatic nitrogens is 3. The van der Waals surface area contributed by atoms with Crippen molar-refractivity contribution in [1.82, 2.24) is 20.5 Å². The molecule has 0 unspecified atom stereocenters. The van der Waals surface area contributed by atoms with E-state index in [-0.39, 0.29) is 18.0 Å². The van der Waals surface area contributed by atoms with Gasteiger partial charge in [-0.05, 0) is 26.0 Å². The molecular weight excluding hydrogens is 350 g/mol. The minimum atomic E-state index is -0.389. The van der Waals surface area contributed by atoms with Crippen molar-refractivity contribution in [1.29, 1.82) is 0 Å². The van der Waals surface area contributed by atoms with Crippen LogP contribution in [0.5, 0.6) is 0 Å². The van der Waals surface area contributed by atoms with Gasteiger partial charge in [0, 0.05) is 22.5 Å². The maximum atomic E-state index is 12.3. The van der Waals surface area contributed by atoms with E-state index in [9.17, 15) is 4.79 Å². The van der Waals surface area contributed by atoms with Gasteiger partial charge < -0.3 is 15.1 Å². The van der Waals surface area contributed by atoms with E-state index in [4.69, 9.17) is 4.42 Å². The summed E-state index contributed by atoms with van der Waals surface area (Å²) in [5.74, 6) is 1.09. The molecule has 0 spiro atoms. The molecule has 2 amide bonds. The lowest BCUT2D eigenvalue weighted by Gasteiger charge is -2.12. The fraction of sp³-hybridized carbons (Fsp3) is 0.333. The van der Waals surface area contributed by atoms with Gasteiger partial charge in [0.2, 0.25) is 11.8 Å². The Morgan fingerprint density at radius 1 is 1.19 bits per heavy atom. The van der Waals surface area contributed by atoms with E-state index in [1.165, 1.54) is 0 Å². The van der Waals surface area contributed by atoms with Crippen molar-refractivity contribution >= 4 is 23.1 Å². The summed E-state index contributed by atoms with van der Waals surface area (Å²) in [5.41, 5.74) is 2.54. The zero-order chi connectivity index (χ0) is 18.7. The zero-order valence-corrected chi connectivity index (χ0v) is 15.9. The van der Waals surface area contributed by atoms with E-state index in [2.05, 4.69) is 25.8 Å². The Labute approximate surface area is 155 Å². The standard InChI is InChI=1S/C18H21N5O2S/c1-10(2)16-22-23-17(25-16)11(3)19-18(24)21-14-7-5-6-13(8-14)15-9-26-12(4)20-15/h5-11H,1-4H3,(H2,19,21,24)/t11-/m1/s1. The second-order valence-electron chi connectivity index (χ2n) is 6.29. The molecule has 0 saturated heterocycles. The van der Waals surface area contributed by atoms with Crippen LogP contribution in [0.25, 0.3) is 11.3 Å². The summed E-state index contributed by atoms with van der Waals surface area (Å²) >= 11 is 1.59. The van der Waals surface area contributed by atoms with Gasteiger partial charge in [0.15, 0.2) is 0 Å². The van der Waals surface area contributed by atoms with E-state index in [1.807, 2.05) is 50.4 Å². The summed E-state index contributed by atoms with van der Waals surface area (Å²) in [6.45, 7) is 7.71. The fourth-order valence-corrected chi connectivity index (χ4v) is 2.95. The van der Waals surface area contributed by atoms with Crippen LogP contribution in [-0.2, 0) is 0 Å². The highest BCUT2D eigenvalue weighted by atomic mass is 32.1. The Hall–Kier alpha value is -2.74. The van der Waals surface area contributed by atoms with Gasteiger partial charge in [-0.25, -0.2) is 9.78 Å². The van der Waals surface area contributed by atoms with Crippen LogP contribution in [0.1, 0.15) is 49.5 Å². The van der Waals surface area contributed by atoms with Crippen molar-refractivity contribution in [3.63, 3.8) is 0 Å². The maximum absolute atomic E-state index is 12.3. The van der Waals surface area contributed by atoms with Crippen molar-refractivity contribution < 1.29 is 9.21 Å². The average Bonchev–Trinajstić information content (AvgIpc) is 3.24. The van der Waals surface area contributed by atoms with Crippen LogP contribution in [-0.4, -0.2) is 21.2 Å². The number of hydrogen-bond donors (Lipinski definition) is 2. The molecule has 3 rings (SSSR count). The van der Waals surface area contributed by atoms with E-state index < -0.39 is 0 Å². The lowest BCUT2D eigenvalue weighted by Crippen LogP contribution is -2.31. The zero-order valence-electron chi connectivity index (χ0n) is 15.1. The van der Waals surface area contributed by atoms with Crippen LogP contribution in [0.15, 0.2) is 34.1 Å². The summed E-state index contributed by atoms with van der Waals surface area (Å²) < 4.78 is 5.57. The minimum absolute atomic E-state index is 0.148. The lowest BCUT2D eigenvalue weighted by atomic mass is 10.1. The lowest BCUT2D eigenvalue weighted by molar-refractivity contribution is 0.246. The third-order valence-electron chi connectivity index (χ3n) is 3.70. The maximum Gasteiger partial charge on any atom is 0.319 e.